The zero-order chi connectivity index (χ0) is 18.5. The molecule has 3 aromatic heterocycles. The van der Waals surface area contributed by atoms with E-state index >= 15 is 0 Å². The van der Waals surface area contributed by atoms with Crippen LogP contribution in [0.3, 0.4) is 0 Å². The Bertz CT molecular complexity index is 1150. The third-order valence-electron chi connectivity index (χ3n) is 5.28. The molecule has 0 radical (unpaired) electrons. The molecule has 4 aromatic rings. The third kappa shape index (κ3) is 2.89. The monoisotopic (exact) mass is 397 g/mol. The molecule has 0 saturated heterocycles. The zero-order valence-corrected chi connectivity index (χ0v) is 16.4. The van der Waals surface area contributed by atoms with Gasteiger partial charge >= 0.3 is 1.43 Å². The van der Waals surface area contributed by atoms with Gasteiger partial charge in [-0.25, -0.2) is 9.37 Å². The third-order valence-corrected chi connectivity index (χ3v) is 5.28. The quantitative estimate of drug-likeness (QED) is 0.533. The fourth-order valence-electron chi connectivity index (χ4n) is 3.94. The number of hydrogen-bond acceptors (Lipinski definition) is 3. The minimum atomic E-state index is -0.243. The van der Waals surface area contributed by atoms with Crippen LogP contribution in [-0.4, -0.2) is 25.8 Å². The van der Waals surface area contributed by atoms with Crippen LogP contribution in [0.4, 0.5) is 4.39 Å². The summed E-state index contributed by atoms with van der Waals surface area (Å²) in [5.41, 5.74) is 7.17. The molecule has 0 aliphatic carbocycles. The van der Waals surface area contributed by atoms with Crippen LogP contribution in [0.5, 0.6) is 0 Å². The van der Waals surface area contributed by atoms with Crippen LogP contribution in [0, 0.1) is 12.7 Å². The summed E-state index contributed by atoms with van der Waals surface area (Å²) in [6, 6.07) is 8.98. The van der Waals surface area contributed by atoms with Gasteiger partial charge in [0.2, 0.25) is 0 Å². The smallest absolute Gasteiger partial charge is 1.00 e. The van der Waals surface area contributed by atoms with E-state index in [1.54, 1.807) is 12.1 Å². The van der Waals surface area contributed by atoms with Crippen molar-refractivity contribution in [3.63, 3.8) is 0 Å². The number of pyridine rings is 1. The molecule has 0 amide bonds. The molecule has 7 heteroatoms. The number of H-pyrrole nitrogens is 1. The van der Waals surface area contributed by atoms with Crippen molar-refractivity contribution in [2.75, 3.05) is 0 Å². The minimum Gasteiger partial charge on any atom is -1.00 e. The first kappa shape index (κ1) is 18.7. The second-order valence-corrected chi connectivity index (χ2v) is 7.20. The average Bonchev–Trinajstić information content (AvgIpc) is 3.23. The van der Waals surface area contributed by atoms with Crippen molar-refractivity contribution < 1.29 is 18.2 Å². The Morgan fingerprint density at radius 1 is 1.21 bits per heavy atom. The highest BCUT2D eigenvalue weighted by atomic mass is 35.5. The van der Waals surface area contributed by atoms with Gasteiger partial charge in [0.05, 0.1) is 12.2 Å². The number of aromatic amines is 1. The van der Waals surface area contributed by atoms with Gasteiger partial charge in [-0.1, -0.05) is 0 Å². The molecule has 28 heavy (non-hydrogen) atoms. The summed E-state index contributed by atoms with van der Waals surface area (Å²) in [7, 11) is 0. The van der Waals surface area contributed by atoms with Gasteiger partial charge in [0, 0.05) is 41.5 Å². The number of benzene rings is 1. The summed E-state index contributed by atoms with van der Waals surface area (Å²) in [5, 5.41) is 9.56. The Morgan fingerprint density at radius 2 is 2.00 bits per heavy atom. The lowest BCUT2D eigenvalue weighted by molar-refractivity contribution is -0.00000635. The van der Waals surface area contributed by atoms with Crippen molar-refractivity contribution in [1.82, 2.24) is 25.1 Å². The van der Waals surface area contributed by atoms with Crippen molar-refractivity contribution in [3.05, 3.63) is 59.8 Å². The molecule has 4 heterocycles. The molecule has 1 atom stereocenters. The molecular weight excluding hydrogens is 377 g/mol. The first-order valence-electron chi connectivity index (χ1n) is 9.14. The van der Waals surface area contributed by atoms with Crippen LogP contribution in [0.2, 0.25) is 0 Å². The van der Waals surface area contributed by atoms with Gasteiger partial charge in [-0.15, -0.1) is 0 Å². The summed E-state index contributed by atoms with van der Waals surface area (Å²) in [5.74, 6) is -0.243. The number of aromatic nitrogens is 4. The number of nitrogens with one attached hydrogen (secondary N) is 2. The predicted molar refractivity (Wildman–Crippen MR) is 105 cm³/mol. The molecule has 1 aromatic carbocycles. The van der Waals surface area contributed by atoms with E-state index in [1.807, 2.05) is 18.5 Å². The number of fused-ring (bicyclic) bond motifs is 2. The molecule has 5 nitrogen and oxygen atoms in total. The maximum absolute atomic E-state index is 13.5. The van der Waals surface area contributed by atoms with Crippen LogP contribution >= 0.6 is 0 Å². The van der Waals surface area contributed by atoms with Gasteiger partial charge in [-0.05, 0) is 55.3 Å². The topological polar surface area (TPSA) is 58.5 Å². The number of rotatable bonds is 2. The molecule has 0 fully saturated rings. The normalized spacial score (nSPS) is 16.0. The second-order valence-electron chi connectivity index (χ2n) is 7.20. The van der Waals surface area contributed by atoms with E-state index in [9.17, 15) is 4.39 Å². The Morgan fingerprint density at radius 3 is 2.79 bits per heavy atom. The standard InChI is InChI=1S/C21H20FN5.ClH/c1-12-9-25-21-18(12)16(7-8-23-21)19-17-10-24-13(2)11-27(17)26-20(19)14-3-5-15(22)6-4-14;/h3-9,13,24H,10-11H2,1-2H3,(H,23,25);1H/t13-;/m0./s1. The SMILES string of the molecule is Cc1c[nH]c2nccc(-c3c(-c4ccc(F)cc4)nn4c3CN[C@@H](C)C4)c12.[Cl-].[H+]. The number of aryl methyl sites for hydroxylation is 1. The maximum atomic E-state index is 13.5. The molecule has 0 bridgehead atoms. The fourth-order valence-corrected chi connectivity index (χ4v) is 3.94. The summed E-state index contributed by atoms with van der Waals surface area (Å²) in [4.78, 5) is 7.70. The highest BCUT2D eigenvalue weighted by Gasteiger charge is 2.26. The van der Waals surface area contributed by atoms with E-state index in [4.69, 9.17) is 5.10 Å². The van der Waals surface area contributed by atoms with E-state index in [1.165, 1.54) is 12.1 Å². The average molecular weight is 398 g/mol. The predicted octanol–water partition coefficient (Wildman–Crippen LogP) is 1.15. The molecule has 144 valence electrons. The van der Waals surface area contributed by atoms with Gasteiger partial charge in [-0.2, -0.15) is 5.10 Å². The van der Waals surface area contributed by atoms with E-state index in [0.29, 0.717) is 6.04 Å². The van der Waals surface area contributed by atoms with Crippen LogP contribution < -0.4 is 17.7 Å². The number of halogens is 2. The number of nitrogens with zero attached hydrogens (tertiary/aromatic N) is 3. The Balaban J connectivity index is 0.00000120. The first-order chi connectivity index (χ1) is 13.1. The van der Waals surface area contributed by atoms with Crippen molar-refractivity contribution >= 4 is 11.0 Å². The van der Waals surface area contributed by atoms with E-state index in [0.717, 1.165) is 57.8 Å². The molecule has 2 N–H and O–H groups in total. The van der Waals surface area contributed by atoms with E-state index < -0.39 is 0 Å². The van der Waals surface area contributed by atoms with Gasteiger partial charge in [0.1, 0.15) is 17.2 Å². The first-order valence-corrected chi connectivity index (χ1v) is 9.14. The molecule has 0 saturated carbocycles. The van der Waals surface area contributed by atoms with E-state index in [-0.39, 0.29) is 19.7 Å². The molecular formula is C21H21ClFN5. The summed E-state index contributed by atoms with van der Waals surface area (Å²) >= 11 is 0. The largest absolute Gasteiger partial charge is 1.00 e. The molecule has 1 aliphatic heterocycles. The molecule has 1 aliphatic rings. The molecule has 5 rings (SSSR count). The molecule has 0 spiro atoms. The lowest BCUT2D eigenvalue weighted by Crippen LogP contribution is -3.00. The van der Waals surface area contributed by atoms with Crippen LogP contribution in [0.25, 0.3) is 33.4 Å². The van der Waals surface area contributed by atoms with Gasteiger partial charge < -0.3 is 22.7 Å². The highest BCUT2D eigenvalue weighted by molar-refractivity contribution is 5.99. The zero-order valence-electron chi connectivity index (χ0n) is 16.6. The van der Waals surface area contributed by atoms with Gasteiger partial charge in [0.25, 0.3) is 0 Å². The highest BCUT2D eigenvalue weighted by Crippen LogP contribution is 2.39. The van der Waals surface area contributed by atoms with Gasteiger partial charge in [-0.3, -0.25) is 4.68 Å². The lowest BCUT2D eigenvalue weighted by atomic mass is 9.95. The molecule has 0 unspecified atom stereocenters. The van der Waals surface area contributed by atoms with Crippen LogP contribution in [0.15, 0.2) is 42.7 Å². The Hall–Kier alpha value is -2.70. The lowest BCUT2D eigenvalue weighted by Gasteiger charge is -2.22. The van der Waals surface area contributed by atoms with Crippen molar-refractivity contribution in [2.24, 2.45) is 0 Å². The van der Waals surface area contributed by atoms with Crippen molar-refractivity contribution in [3.8, 4) is 22.4 Å². The van der Waals surface area contributed by atoms with Crippen molar-refractivity contribution in [2.45, 2.75) is 33.0 Å². The van der Waals surface area contributed by atoms with Gasteiger partial charge in [0.15, 0.2) is 0 Å². The van der Waals surface area contributed by atoms with E-state index in [2.05, 4.69) is 33.8 Å². The second kappa shape index (κ2) is 7.04. The maximum Gasteiger partial charge on any atom is 1.00 e. The van der Waals surface area contributed by atoms with Crippen molar-refractivity contribution in [1.29, 1.82) is 0 Å². The number of hydrogen-bond donors (Lipinski definition) is 2. The van der Waals surface area contributed by atoms with Crippen LogP contribution in [-0.2, 0) is 13.1 Å². The van der Waals surface area contributed by atoms with Crippen LogP contribution in [0.1, 0.15) is 19.6 Å². The fraction of sp³-hybridized carbons (Fsp3) is 0.238. The Labute approximate surface area is 169 Å². The summed E-state index contributed by atoms with van der Waals surface area (Å²) in [6.07, 6.45) is 3.81. The minimum absolute atomic E-state index is 0. The Kier molecular flexibility index (Phi) is 4.69. The summed E-state index contributed by atoms with van der Waals surface area (Å²) in [6.45, 7) is 5.79. The summed E-state index contributed by atoms with van der Waals surface area (Å²) < 4.78 is 15.6.